The summed E-state index contributed by atoms with van der Waals surface area (Å²) >= 11 is 2.98. The van der Waals surface area contributed by atoms with E-state index in [0.29, 0.717) is 0 Å². The van der Waals surface area contributed by atoms with Gasteiger partial charge in [0.05, 0.1) is 13.6 Å². The molecule has 0 atom stereocenters. The summed E-state index contributed by atoms with van der Waals surface area (Å²) in [6, 6.07) is -1.05. The second-order valence-corrected chi connectivity index (χ2v) is 5.28. The lowest BCUT2D eigenvalue weighted by Crippen LogP contribution is -2.39. The summed E-state index contributed by atoms with van der Waals surface area (Å²) in [7, 11) is -3.32. The maximum Gasteiger partial charge on any atom is 0.0959 e. The van der Waals surface area contributed by atoms with E-state index in [-0.39, 0.29) is 33.8 Å². The highest BCUT2D eigenvalue weighted by Gasteiger charge is 2.16. The van der Waals surface area contributed by atoms with E-state index in [0.717, 1.165) is 0 Å². The van der Waals surface area contributed by atoms with E-state index in [1.807, 2.05) is 0 Å². The Bertz CT molecular complexity index is 383. The Kier molecular flexibility index (Phi) is 1.37. The lowest BCUT2D eigenvalue weighted by atomic mass is 10.4. The predicted molar refractivity (Wildman–Crippen MR) is 52.4 cm³/mol. The molecule has 2 heteroatoms. The Morgan fingerprint density at radius 2 is 2.00 bits per heavy atom. The van der Waals surface area contributed by atoms with Crippen molar-refractivity contribution < 1.29 is 5.48 Å². The molecule has 0 saturated heterocycles. The minimum atomic E-state index is -3.32. The molecule has 1 aromatic rings. The first kappa shape index (κ1) is 4.82. The molecule has 0 nitrogen and oxygen atoms in total. The van der Waals surface area contributed by atoms with Gasteiger partial charge in [0.25, 0.3) is 0 Å². The third-order valence-electron chi connectivity index (χ3n) is 1.03. The van der Waals surface area contributed by atoms with Crippen LogP contribution in [0.3, 0.4) is 0 Å². The van der Waals surface area contributed by atoms with Crippen LogP contribution < -0.4 is 5.19 Å². The fourth-order valence-corrected chi connectivity index (χ4v) is 1.64. The number of hydrogen-bond acceptors (Lipinski definition) is 0. The molecule has 0 spiro atoms. The van der Waals surface area contributed by atoms with Crippen molar-refractivity contribution in [3.05, 3.63) is 48.3 Å². The molecule has 0 aromatic heterocycles. The van der Waals surface area contributed by atoms with Gasteiger partial charge in [-0.3, -0.25) is 0 Å². The molecule has 0 unspecified atom stereocenters. The molecular formula is C9H7BrSi. The first-order valence-corrected chi connectivity index (χ1v) is 5.83. The molecule has 11 heavy (non-hydrogen) atoms. The first-order valence-electron chi connectivity index (χ1n) is 4.81. The van der Waals surface area contributed by atoms with Gasteiger partial charge in [-0.1, -0.05) is 33.2 Å². The van der Waals surface area contributed by atoms with Gasteiger partial charge in [-0.2, -0.15) is 0 Å². The molecule has 54 valence electrons. The normalized spacial score (nSPS) is 16.7. The van der Waals surface area contributed by atoms with Gasteiger partial charge in [0.1, 0.15) is 0 Å². The summed E-state index contributed by atoms with van der Waals surface area (Å²) in [6.45, 7) is 16.6. The maximum atomic E-state index is 7.65. The second kappa shape index (κ2) is 3.11. The molecule has 0 saturated carbocycles. The SMILES string of the molecule is [2H]c1c([2H])c(Br)c([2H])c([Si]([CH])([CH])[CH])c1[2H]. The van der Waals surface area contributed by atoms with Crippen LogP contribution in [0, 0.1) is 19.6 Å². The van der Waals surface area contributed by atoms with Crippen molar-refractivity contribution in [1.82, 2.24) is 0 Å². The van der Waals surface area contributed by atoms with Gasteiger partial charge in [0.2, 0.25) is 0 Å². The van der Waals surface area contributed by atoms with Crippen molar-refractivity contribution in [1.29, 1.82) is 0 Å². The third-order valence-corrected chi connectivity index (χ3v) is 2.54. The Morgan fingerprint density at radius 1 is 1.36 bits per heavy atom. The zero-order chi connectivity index (χ0) is 12.0. The average molecular weight is 227 g/mol. The summed E-state index contributed by atoms with van der Waals surface area (Å²) in [4.78, 5) is 0. The predicted octanol–water partition coefficient (Wildman–Crippen LogP) is 1.86. The van der Waals surface area contributed by atoms with Crippen LogP contribution in [0.4, 0.5) is 0 Å². The third kappa shape index (κ3) is 2.45. The molecule has 0 fully saturated rings. The van der Waals surface area contributed by atoms with E-state index in [4.69, 9.17) is 25.1 Å². The van der Waals surface area contributed by atoms with Crippen LogP contribution in [0.5, 0.6) is 0 Å². The van der Waals surface area contributed by atoms with Crippen molar-refractivity contribution in [2.45, 2.75) is 0 Å². The van der Waals surface area contributed by atoms with Gasteiger partial charge in [-0.25, -0.2) is 0 Å². The van der Waals surface area contributed by atoms with E-state index >= 15 is 0 Å². The molecule has 1 aromatic carbocycles. The quantitative estimate of drug-likeness (QED) is 0.642. The molecule has 0 heterocycles. The van der Waals surface area contributed by atoms with Crippen LogP contribution in [-0.4, -0.2) is 8.07 Å². The minimum Gasteiger partial charge on any atom is -0.0629 e. The zero-order valence-electron chi connectivity index (χ0n) is 9.61. The molecular weight excluding hydrogens is 216 g/mol. The van der Waals surface area contributed by atoms with Crippen LogP contribution in [-0.2, 0) is 0 Å². The van der Waals surface area contributed by atoms with Gasteiger partial charge in [-0.05, 0) is 31.7 Å². The Morgan fingerprint density at radius 3 is 2.55 bits per heavy atom. The average Bonchev–Trinajstić information content (AvgIpc) is 2.09. The Hall–Kier alpha value is -0.0831. The van der Waals surface area contributed by atoms with Crippen molar-refractivity contribution in [3.8, 4) is 0 Å². The van der Waals surface area contributed by atoms with Gasteiger partial charge in [0, 0.05) is 4.47 Å². The fraction of sp³-hybridized carbons (Fsp3) is 0. The lowest BCUT2D eigenvalue weighted by Gasteiger charge is -2.14. The highest BCUT2D eigenvalue weighted by Crippen LogP contribution is 2.08. The van der Waals surface area contributed by atoms with Crippen LogP contribution in [0.15, 0.2) is 28.6 Å². The van der Waals surface area contributed by atoms with Crippen LogP contribution >= 0.6 is 15.9 Å². The highest BCUT2D eigenvalue weighted by molar-refractivity contribution is 9.10. The van der Waals surface area contributed by atoms with Crippen LogP contribution in [0.2, 0.25) is 0 Å². The van der Waals surface area contributed by atoms with Crippen LogP contribution in [0.25, 0.3) is 0 Å². The number of benzene rings is 1. The van der Waals surface area contributed by atoms with Gasteiger partial charge in [0.15, 0.2) is 0 Å². The first-order chi connectivity index (χ1) is 6.68. The molecule has 6 radical (unpaired) electrons. The largest absolute Gasteiger partial charge is 0.0959 e. The van der Waals surface area contributed by atoms with Crippen LogP contribution in [0.1, 0.15) is 5.48 Å². The van der Waals surface area contributed by atoms with Gasteiger partial charge < -0.3 is 0 Å². The van der Waals surface area contributed by atoms with E-state index in [2.05, 4.69) is 15.9 Å². The molecule has 0 aliphatic heterocycles. The van der Waals surface area contributed by atoms with E-state index in [1.165, 1.54) is 0 Å². The number of hydrogen-bond donors (Lipinski definition) is 0. The molecule has 1 rings (SSSR count). The standard InChI is InChI=1S/C9H7BrSi/c1-11(2,3)9-6-4-5-8(10)7-9/h1-7H/i4D,5D,6D,7D. The molecule has 0 amide bonds. The molecule has 0 aliphatic rings. The summed E-state index contributed by atoms with van der Waals surface area (Å²) in [5.41, 5.74) is 0. The molecule has 0 N–H and O–H groups in total. The van der Waals surface area contributed by atoms with E-state index < -0.39 is 8.07 Å². The van der Waals surface area contributed by atoms with E-state index in [9.17, 15) is 0 Å². The molecule has 0 aliphatic carbocycles. The smallest absolute Gasteiger partial charge is 0.0629 e. The zero-order valence-corrected chi connectivity index (χ0v) is 8.20. The van der Waals surface area contributed by atoms with E-state index in [1.54, 1.807) is 0 Å². The highest BCUT2D eigenvalue weighted by atomic mass is 79.9. The van der Waals surface area contributed by atoms with Crippen molar-refractivity contribution in [2.75, 3.05) is 0 Å². The fourth-order valence-electron chi connectivity index (χ4n) is 0.537. The molecule has 0 bridgehead atoms. The second-order valence-electron chi connectivity index (χ2n) is 2.12. The lowest BCUT2D eigenvalue weighted by molar-refractivity contribution is 1.68. The maximum absolute atomic E-state index is 7.65. The van der Waals surface area contributed by atoms with Crippen molar-refractivity contribution >= 4 is 29.2 Å². The van der Waals surface area contributed by atoms with Gasteiger partial charge >= 0.3 is 0 Å². The topological polar surface area (TPSA) is 0 Å². The Labute approximate surface area is 83.4 Å². The number of halogens is 1. The number of rotatable bonds is 1. The minimum absolute atomic E-state index is 0.0182. The van der Waals surface area contributed by atoms with Crippen molar-refractivity contribution in [2.24, 2.45) is 0 Å². The Balaban J connectivity index is 3.68. The monoisotopic (exact) mass is 226 g/mol. The summed E-state index contributed by atoms with van der Waals surface area (Å²) in [5.74, 6) is 0. The van der Waals surface area contributed by atoms with Gasteiger partial charge in [-0.15, -0.1) is 0 Å². The summed E-state index contributed by atoms with van der Waals surface area (Å²) < 4.78 is 30.2. The summed E-state index contributed by atoms with van der Waals surface area (Å²) in [6.07, 6.45) is 0. The summed E-state index contributed by atoms with van der Waals surface area (Å²) in [5, 5.41) is -0.0182. The van der Waals surface area contributed by atoms with Crippen molar-refractivity contribution in [3.63, 3.8) is 0 Å².